The number of piperidine rings is 1. The van der Waals surface area contributed by atoms with Gasteiger partial charge in [-0.2, -0.15) is 0 Å². The predicted molar refractivity (Wildman–Crippen MR) is 81.6 cm³/mol. The molecule has 2 aromatic rings. The molecule has 1 aromatic heterocycles. The largest absolute Gasteiger partial charge is 0.368 e. The maximum absolute atomic E-state index is 4.28. The Morgan fingerprint density at radius 1 is 1.10 bits per heavy atom. The van der Waals surface area contributed by atoms with Crippen LogP contribution in [0, 0.1) is 5.92 Å². The van der Waals surface area contributed by atoms with Crippen LogP contribution in [0.1, 0.15) is 12.8 Å². The maximum atomic E-state index is 4.28. The van der Waals surface area contributed by atoms with Crippen molar-refractivity contribution in [2.75, 3.05) is 25.0 Å². The second kappa shape index (κ2) is 6.48. The van der Waals surface area contributed by atoms with E-state index in [-0.39, 0.29) is 0 Å². The van der Waals surface area contributed by atoms with Gasteiger partial charge in [0.05, 0.1) is 5.69 Å². The molecule has 4 nitrogen and oxygen atoms in total. The first kappa shape index (κ1) is 13.1. The van der Waals surface area contributed by atoms with E-state index in [1.807, 2.05) is 42.5 Å². The molecule has 104 valence electrons. The van der Waals surface area contributed by atoms with Gasteiger partial charge in [0.25, 0.3) is 0 Å². The third-order valence-corrected chi connectivity index (χ3v) is 3.70. The molecule has 0 saturated carbocycles. The van der Waals surface area contributed by atoms with Gasteiger partial charge in [0.1, 0.15) is 5.82 Å². The highest BCUT2D eigenvalue weighted by Crippen LogP contribution is 2.17. The molecule has 1 saturated heterocycles. The summed E-state index contributed by atoms with van der Waals surface area (Å²) in [6.07, 6.45) is 2.56. The van der Waals surface area contributed by atoms with Crippen LogP contribution < -0.4 is 10.6 Å². The molecular formula is C16H20N4. The summed E-state index contributed by atoms with van der Waals surface area (Å²) in [7, 11) is 0. The van der Waals surface area contributed by atoms with Crippen LogP contribution in [0.25, 0.3) is 11.3 Å². The first-order valence-electron chi connectivity index (χ1n) is 7.25. The fraction of sp³-hybridized carbons (Fsp3) is 0.375. The Morgan fingerprint density at radius 2 is 2.00 bits per heavy atom. The van der Waals surface area contributed by atoms with Gasteiger partial charge in [-0.3, -0.25) is 0 Å². The van der Waals surface area contributed by atoms with Crippen LogP contribution >= 0.6 is 0 Å². The van der Waals surface area contributed by atoms with E-state index >= 15 is 0 Å². The highest BCUT2D eigenvalue weighted by Gasteiger charge is 2.12. The summed E-state index contributed by atoms with van der Waals surface area (Å²) in [6.45, 7) is 3.22. The number of benzene rings is 1. The molecule has 3 rings (SSSR count). The van der Waals surface area contributed by atoms with Gasteiger partial charge in [-0.15, -0.1) is 10.2 Å². The molecule has 1 aliphatic heterocycles. The number of nitrogens with one attached hydrogen (secondary N) is 2. The molecular weight excluding hydrogens is 248 g/mol. The van der Waals surface area contributed by atoms with Crippen molar-refractivity contribution in [2.45, 2.75) is 12.8 Å². The van der Waals surface area contributed by atoms with Crippen molar-refractivity contribution in [3.63, 3.8) is 0 Å². The minimum Gasteiger partial charge on any atom is -0.368 e. The second-order valence-corrected chi connectivity index (χ2v) is 5.26. The van der Waals surface area contributed by atoms with Crippen LogP contribution in [0.15, 0.2) is 42.5 Å². The number of aromatic nitrogens is 2. The van der Waals surface area contributed by atoms with Gasteiger partial charge in [0.15, 0.2) is 0 Å². The monoisotopic (exact) mass is 268 g/mol. The summed E-state index contributed by atoms with van der Waals surface area (Å²) in [5.41, 5.74) is 2.01. The van der Waals surface area contributed by atoms with Crippen LogP contribution in [0.3, 0.4) is 0 Å². The van der Waals surface area contributed by atoms with E-state index < -0.39 is 0 Å². The highest BCUT2D eigenvalue weighted by atomic mass is 15.2. The van der Waals surface area contributed by atoms with Crippen molar-refractivity contribution in [3.8, 4) is 11.3 Å². The molecule has 0 bridgehead atoms. The number of anilines is 1. The Labute approximate surface area is 119 Å². The molecule has 2 N–H and O–H groups in total. The lowest BCUT2D eigenvalue weighted by Gasteiger charge is -2.22. The lowest BCUT2D eigenvalue weighted by Crippen LogP contribution is -2.33. The zero-order chi connectivity index (χ0) is 13.6. The second-order valence-electron chi connectivity index (χ2n) is 5.26. The molecule has 1 aliphatic rings. The Kier molecular flexibility index (Phi) is 4.23. The van der Waals surface area contributed by atoms with E-state index in [0.29, 0.717) is 5.92 Å². The van der Waals surface area contributed by atoms with Crippen LogP contribution in [-0.2, 0) is 0 Å². The highest BCUT2D eigenvalue weighted by molar-refractivity contribution is 5.59. The maximum Gasteiger partial charge on any atom is 0.148 e. The minimum absolute atomic E-state index is 0.694. The number of rotatable bonds is 4. The Balaban J connectivity index is 1.58. The van der Waals surface area contributed by atoms with Gasteiger partial charge in [-0.1, -0.05) is 30.3 Å². The minimum atomic E-state index is 0.694. The number of hydrogen-bond acceptors (Lipinski definition) is 4. The normalized spacial score (nSPS) is 18.7. The summed E-state index contributed by atoms with van der Waals surface area (Å²) in [5.74, 6) is 1.55. The Hall–Kier alpha value is -1.94. The lowest BCUT2D eigenvalue weighted by atomic mass is 10.00. The molecule has 2 heterocycles. The first-order chi connectivity index (χ1) is 9.92. The fourth-order valence-electron chi connectivity index (χ4n) is 2.54. The van der Waals surface area contributed by atoms with Crippen molar-refractivity contribution in [1.82, 2.24) is 15.5 Å². The van der Waals surface area contributed by atoms with Gasteiger partial charge in [0, 0.05) is 12.1 Å². The zero-order valence-electron chi connectivity index (χ0n) is 11.5. The SMILES string of the molecule is c1ccc(-c2ccc(NCC3CCCNC3)nn2)cc1. The Bertz CT molecular complexity index is 518. The van der Waals surface area contributed by atoms with E-state index in [4.69, 9.17) is 0 Å². The van der Waals surface area contributed by atoms with Gasteiger partial charge in [-0.05, 0) is 44.0 Å². The number of hydrogen-bond donors (Lipinski definition) is 2. The fourth-order valence-corrected chi connectivity index (χ4v) is 2.54. The van der Waals surface area contributed by atoms with Crippen LogP contribution in [-0.4, -0.2) is 29.8 Å². The molecule has 1 unspecified atom stereocenters. The standard InChI is InChI=1S/C16H20N4/c1-2-6-14(7-3-1)15-8-9-16(20-19-15)18-12-13-5-4-10-17-11-13/h1-3,6-9,13,17H,4-5,10-12H2,(H,18,20). The van der Waals surface area contributed by atoms with Crippen molar-refractivity contribution in [1.29, 1.82) is 0 Å². The average Bonchev–Trinajstić information content (AvgIpc) is 2.55. The average molecular weight is 268 g/mol. The molecule has 0 aliphatic carbocycles. The molecule has 1 atom stereocenters. The van der Waals surface area contributed by atoms with E-state index in [9.17, 15) is 0 Å². The molecule has 0 spiro atoms. The van der Waals surface area contributed by atoms with E-state index in [2.05, 4.69) is 20.8 Å². The quantitative estimate of drug-likeness (QED) is 0.894. The molecule has 0 radical (unpaired) electrons. The summed E-state index contributed by atoms with van der Waals surface area (Å²) in [4.78, 5) is 0. The van der Waals surface area contributed by atoms with Gasteiger partial charge < -0.3 is 10.6 Å². The van der Waals surface area contributed by atoms with Crippen molar-refractivity contribution in [3.05, 3.63) is 42.5 Å². The van der Waals surface area contributed by atoms with Gasteiger partial charge in [0.2, 0.25) is 0 Å². The first-order valence-corrected chi connectivity index (χ1v) is 7.25. The van der Waals surface area contributed by atoms with Crippen molar-refractivity contribution >= 4 is 5.82 Å². The summed E-state index contributed by atoms with van der Waals surface area (Å²) in [6, 6.07) is 14.1. The van der Waals surface area contributed by atoms with Crippen molar-refractivity contribution in [2.24, 2.45) is 5.92 Å². The zero-order valence-corrected chi connectivity index (χ0v) is 11.5. The lowest BCUT2D eigenvalue weighted by molar-refractivity contribution is 0.392. The summed E-state index contributed by atoms with van der Waals surface area (Å²) in [5, 5.41) is 15.3. The van der Waals surface area contributed by atoms with Crippen LogP contribution in [0.2, 0.25) is 0 Å². The third kappa shape index (κ3) is 3.33. The van der Waals surface area contributed by atoms with Gasteiger partial charge in [-0.25, -0.2) is 0 Å². The van der Waals surface area contributed by atoms with E-state index in [1.165, 1.54) is 12.8 Å². The summed E-state index contributed by atoms with van der Waals surface area (Å²) >= 11 is 0. The predicted octanol–water partition coefficient (Wildman–Crippen LogP) is 2.56. The smallest absolute Gasteiger partial charge is 0.148 e. The topological polar surface area (TPSA) is 49.8 Å². The molecule has 4 heteroatoms. The molecule has 0 amide bonds. The Morgan fingerprint density at radius 3 is 2.70 bits per heavy atom. The van der Waals surface area contributed by atoms with Crippen LogP contribution in [0.5, 0.6) is 0 Å². The molecule has 1 fully saturated rings. The summed E-state index contributed by atoms with van der Waals surface area (Å²) < 4.78 is 0. The van der Waals surface area contributed by atoms with E-state index in [0.717, 1.165) is 36.7 Å². The van der Waals surface area contributed by atoms with E-state index in [1.54, 1.807) is 0 Å². The van der Waals surface area contributed by atoms with Crippen molar-refractivity contribution < 1.29 is 0 Å². The molecule has 1 aromatic carbocycles. The number of nitrogens with zero attached hydrogens (tertiary/aromatic N) is 2. The van der Waals surface area contributed by atoms with Gasteiger partial charge >= 0.3 is 0 Å². The third-order valence-electron chi connectivity index (χ3n) is 3.70. The van der Waals surface area contributed by atoms with Crippen LogP contribution in [0.4, 0.5) is 5.82 Å². The molecule has 20 heavy (non-hydrogen) atoms.